The van der Waals surface area contributed by atoms with Gasteiger partial charge in [-0.1, -0.05) is 0 Å². The lowest BCUT2D eigenvalue weighted by Gasteiger charge is -2.01. The van der Waals surface area contributed by atoms with Gasteiger partial charge in [-0.2, -0.15) is 0 Å². The van der Waals surface area contributed by atoms with Crippen LogP contribution in [0.25, 0.3) is 11.1 Å². The van der Waals surface area contributed by atoms with Crippen molar-refractivity contribution in [2.24, 2.45) is 0 Å². The Morgan fingerprint density at radius 1 is 1.40 bits per heavy atom. The molecule has 0 aliphatic carbocycles. The summed E-state index contributed by atoms with van der Waals surface area (Å²) >= 11 is 1.87. The summed E-state index contributed by atoms with van der Waals surface area (Å²) in [5.41, 5.74) is -0.378. The van der Waals surface area contributed by atoms with E-state index in [4.69, 9.17) is 9.52 Å². The molecule has 5 nitrogen and oxygen atoms in total. The van der Waals surface area contributed by atoms with Crippen molar-refractivity contribution in [3.8, 4) is 0 Å². The van der Waals surface area contributed by atoms with Crippen molar-refractivity contribution in [2.75, 3.05) is 0 Å². The maximum atomic E-state index is 11.3. The minimum absolute atomic E-state index is 0.0944. The van der Waals surface area contributed by atoms with Gasteiger partial charge in [0.25, 0.3) is 5.56 Å². The average Bonchev–Trinajstić information content (AvgIpc) is 2.19. The standard InChI is InChI=1S/C9H6INO4/c10-6-2-5-4(3-12)1-7(13)15-9(5)11-8(6)14/h1-2,12H,3H2,(H,11,14). The summed E-state index contributed by atoms with van der Waals surface area (Å²) in [6, 6.07) is 2.78. The Morgan fingerprint density at radius 2 is 2.13 bits per heavy atom. The molecule has 2 aromatic heterocycles. The normalized spacial score (nSPS) is 10.8. The third-order valence-electron chi connectivity index (χ3n) is 1.97. The molecule has 2 N–H and O–H groups in total. The number of hydrogen-bond acceptors (Lipinski definition) is 4. The fourth-order valence-electron chi connectivity index (χ4n) is 1.29. The molecule has 0 aliphatic rings. The van der Waals surface area contributed by atoms with E-state index in [9.17, 15) is 9.59 Å². The Morgan fingerprint density at radius 3 is 2.80 bits per heavy atom. The minimum atomic E-state index is -0.594. The Hall–Kier alpha value is -1.15. The monoisotopic (exact) mass is 319 g/mol. The molecule has 0 unspecified atom stereocenters. The molecule has 0 saturated heterocycles. The van der Waals surface area contributed by atoms with Crippen LogP contribution in [-0.4, -0.2) is 10.1 Å². The zero-order valence-electron chi connectivity index (χ0n) is 7.41. The molecule has 0 radical (unpaired) electrons. The number of aliphatic hydroxyl groups excluding tert-OH is 1. The van der Waals surface area contributed by atoms with E-state index in [1.54, 1.807) is 6.07 Å². The van der Waals surface area contributed by atoms with E-state index in [1.807, 2.05) is 22.6 Å². The third kappa shape index (κ3) is 1.82. The molecule has 0 aliphatic heterocycles. The number of fused-ring (bicyclic) bond motifs is 1. The highest BCUT2D eigenvalue weighted by Gasteiger charge is 2.07. The molecule has 78 valence electrons. The van der Waals surface area contributed by atoms with Gasteiger partial charge in [-0.25, -0.2) is 4.79 Å². The Balaban J connectivity index is 2.97. The summed E-state index contributed by atoms with van der Waals surface area (Å²) in [7, 11) is 0. The van der Waals surface area contributed by atoms with Crippen LogP contribution in [0.4, 0.5) is 0 Å². The molecule has 0 atom stereocenters. The van der Waals surface area contributed by atoms with E-state index in [1.165, 1.54) is 6.07 Å². The van der Waals surface area contributed by atoms with E-state index < -0.39 is 5.63 Å². The van der Waals surface area contributed by atoms with Crippen molar-refractivity contribution in [1.82, 2.24) is 4.98 Å². The van der Waals surface area contributed by atoms with Crippen molar-refractivity contribution in [3.63, 3.8) is 0 Å². The van der Waals surface area contributed by atoms with Crippen LogP contribution in [0.5, 0.6) is 0 Å². The quantitative estimate of drug-likeness (QED) is 0.753. The van der Waals surface area contributed by atoms with Gasteiger partial charge in [-0.05, 0) is 34.2 Å². The third-order valence-corrected chi connectivity index (χ3v) is 2.77. The van der Waals surface area contributed by atoms with Gasteiger partial charge in [0.05, 0.1) is 10.2 Å². The number of H-pyrrole nitrogens is 1. The lowest BCUT2D eigenvalue weighted by atomic mass is 10.2. The van der Waals surface area contributed by atoms with Crippen LogP contribution in [0.1, 0.15) is 5.56 Å². The largest absolute Gasteiger partial charge is 0.406 e. The van der Waals surface area contributed by atoms with Gasteiger partial charge in [0, 0.05) is 11.5 Å². The number of aromatic nitrogens is 1. The predicted molar refractivity (Wildman–Crippen MR) is 61.7 cm³/mol. The van der Waals surface area contributed by atoms with Gasteiger partial charge in [-0.15, -0.1) is 0 Å². The average molecular weight is 319 g/mol. The zero-order valence-corrected chi connectivity index (χ0v) is 9.57. The number of halogens is 1. The lowest BCUT2D eigenvalue weighted by molar-refractivity contribution is 0.282. The van der Waals surface area contributed by atoms with Crippen molar-refractivity contribution < 1.29 is 9.52 Å². The SMILES string of the molecule is O=c1cc(CO)c2cc(I)c(=O)[nH]c2o1. The van der Waals surface area contributed by atoms with Gasteiger partial charge < -0.3 is 9.52 Å². The Bertz CT molecular complexity index is 628. The fraction of sp³-hybridized carbons (Fsp3) is 0.111. The lowest BCUT2D eigenvalue weighted by Crippen LogP contribution is -2.11. The number of aliphatic hydroxyl groups is 1. The molecule has 2 rings (SSSR count). The summed E-state index contributed by atoms with van der Waals surface area (Å²) in [5, 5.41) is 9.59. The first-order valence-corrected chi connectivity index (χ1v) is 5.16. The second-order valence-corrected chi connectivity index (χ2v) is 4.10. The highest BCUT2D eigenvalue weighted by molar-refractivity contribution is 14.1. The predicted octanol–water partition coefficient (Wildman–Crippen LogP) is 0.578. The van der Waals surface area contributed by atoms with Crippen LogP contribution in [-0.2, 0) is 6.61 Å². The van der Waals surface area contributed by atoms with Crippen LogP contribution in [0.3, 0.4) is 0 Å². The molecule has 2 aromatic rings. The maximum absolute atomic E-state index is 11.3. The summed E-state index contributed by atoms with van der Waals surface area (Å²) < 4.78 is 5.29. The van der Waals surface area contributed by atoms with Crippen LogP contribution in [0.15, 0.2) is 26.1 Å². The molecule has 0 amide bonds. The van der Waals surface area contributed by atoms with Crippen molar-refractivity contribution in [3.05, 3.63) is 42.0 Å². The number of pyridine rings is 1. The summed E-state index contributed by atoms with van der Waals surface area (Å²) in [6.07, 6.45) is 0. The highest BCUT2D eigenvalue weighted by atomic mass is 127. The van der Waals surface area contributed by atoms with Crippen LogP contribution < -0.4 is 11.2 Å². The zero-order chi connectivity index (χ0) is 11.0. The van der Waals surface area contributed by atoms with Crippen molar-refractivity contribution in [2.45, 2.75) is 6.61 Å². The van der Waals surface area contributed by atoms with Gasteiger partial charge in [-0.3, -0.25) is 9.78 Å². The van der Waals surface area contributed by atoms with E-state index in [0.717, 1.165) is 0 Å². The topological polar surface area (TPSA) is 83.3 Å². The fourth-order valence-corrected chi connectivity index (χ4v) is 1.73. The molecule has 2 heterocycles. The smallest absolute Gasteiger partial charge is 0.337 e. The first kappa shape index (κ1) is 10.4. The molecule has 0 aromatic carbocycles. The number of rotatable bonds is 1. The molecule has 15 heavy (non-hydrogen) atoms. The molecular formula is C9H6INO4. The summed E-state index contributed by atoms with van der Waals surface area (Å²) in [5.74, 6) is 0. The van der Waals surface area contributed by atoms with Gasteiger partial charge >= 0.3 is 5.63 Å². The summed E-state index contributed by atoms with van der Waals surface area (Å²) in [4.78, 5) is 24.7. The molecule has 0 saturated carbocycles. The highest BCUT2D eigenvalue weighted by Crippen LogP contribution is 2.15. The number of nitrogens with one attached hydrogen (secondary N) is 1. The Kier molecular flexibility index (Phi) is 2.61. The van der Waals surface area contributed by atoms with Gasteiger partial charge in [0.15, 0.2) is 0 Å². The summed E-state index contributed by atoms with van der Waals surface area (Å²) in [6.45, 7) is -0.274. The van der Waals surface area contributed by atoms with Crippen LogP contribution >= 0.6 is 22.6 Å². The van der Waals surface area contributed by atoms with Crippen molar-refractivity contribution >= 4 is 33.7 Å². The van der Waals surface area contributed by atoms with E-state index >= 15 is 0 Å². The second-order valence-electron chi connectivity index (χ2n) is 2.94. The number of aromatic amines is 1. The molecule has 0 bridgehead atoms. The van der Waals surface area contributed by atoms with E-state index in [2.05, 4.69) is 4.98 Å². The molecule has 0 fully saturated rings. The van der Waals surface area contributed by atoms with Crippen LogP contribution in [0, 0.1) is 3.57 Å². The van der Waals surface area contributed by atoms with Crippen LogP contribution in [0.2, 0.25) is 0 Å². The van der Waals surface area contributed by atoms with Gasteiger partial charge in [0.1, 0.15) is 0 Å². The first-order chi connectivity index (χ1) is 7.11. The molecular weight excluding hydrogens is 313 g/mol. The van der Waals surface area contributed by atoms with Gasteiger partial charge in [0.2, 0.25) is 5.71 Å². The van der Waals surface area contributed by atoms with Crippen molar-refractivity contribution in [1.29, 1.82) is 0 Å². The molecule has 0 spiro atoms. The van der Waals surface area contributed by atoms with E-state index in [0.29, 0.717) is 14.5 Å². The number of hydrogen-bond donors (Lipinski definition) is 2. The maximum Gasteiger partial charge on any atom is 0.337 e. The first-order valence-electron chi connectivity index (χ1n) is 4.08. The second kappa shape index (κ2) is 3.78. The van der Waals surface area contributed by atoms with E-state index in [-0.39, 0.29) is 17.9 Å². The Labute approximate surface area is 96.9 Å². The molecule has 6 heteroatoms. The minimum Gasteiger partial charge on any atom is -0.406 e.